The molecule has 0 atom stereocenters. The van der Waals surface area contributed by atoms with E-state index < -0.39 is 17.8 Å². The summed E-state index contributed by atoms with van der Waals surface area (Å²) in [6.45, 7) is -0.0186. The fraction of sp³-hybridized carbons (Fsp3) is 0.0800. The van der Waals surface area contributed by atoms with Gasteiger partial charge in [0.1, 0.15) is 18.0 Å². The SMILES string of the molecule is COc1cc(/C=C2\C(=O)NC(=O)N(c3ccccc3Cl)C2=O)cc(I)c1OCc1ccccc1F. The van der Waals surface area contributed by atoms with Crippen LogP contribution in [0.2, 0.25) is 5.02 Å². The number of halogens is 3. The van der Waals surface area contributed by atoms with Gasteiger partial charge < -0.3 is 9.47 Å². The number of amides is 4. The van der Waals surface area contributed by atoms with Crippen LogP contribution in [0, 0.1) is 9.39 Å². The van der Waals surface area contributed by atoms with Gasteiger partial charge in [-0.2, -0.15) is 0 Å². The van der Waals surface area contributed by atoms with Gasteiger partial charge in [0.25, 0.3) is 11.8 Å². The molecule has 0 bridgehead atoms. The molecule has 0 aromatic heterocycles. The van der Waals surface area contributed by atoms with E-state index in [2.05, 4.69) is 5.32 Å². The number of nitrogens with zero attached hydrogens (tertiary/aromatic N) is 1. The average Bonchev–Trinajstić information content (AvgIpc) is 2.83. The molecule has 0 radical (unpaired) electrons. The van der Waals surface area contributed by atoms with Crippen LogP contribution in [0.25, 0.3) is 6.08 Å². The molecule has 35 heavy (non-hydrogen) atoms. The van der Waals surface area contributed by atoms with Crippen LogP contribution >= 0.6 is 34.2 Å². The molecule has 1 heterocycles. The van der Waals surface area contributed by atoms with E-state index in [0.717, 1.165) is 4.90 Å². The highest BCUT2D eigenvalue weighted by Crippen LogP contribution is 2.36. The fourth-order valence-corrected chi connectivity index (χ4v) is 4.41. The predicted molar refractivity (Wildman–Crippen MR) is 137 cm³/mol. The standard InChI is InChI=1S/C25H17ClFIN2O5/c1-34-21-12-14(11-19(28)22(21)35-13-15-6-2-4-8-18(15)27)10-16-23(31)29-25(33)30(24(16)32)20-9-5-3-7-17(20)26/h2-12H,13H2,1H3,(H,29,31,33)/b16-10+. The van der Waals surface area contributed by atoms with Gasteiger partial charge in [-0.15, -0.1) is 0 Å². The highest BCUT2D eigenvalue weighted by atomic mass is 127. The van der Waals surface area contributed by atoms with Gasteiger partial charge in [0.15, 0.2) is 11.5 Å². The molecule has 4 rings (SSSR count). The van der Waals surface area contributed by atoms with E-state index in [4.69, 9.17) is 21.1 Å². The van der Waals surface area contributed by atoms with Crippen molar-refractivity contribution in [2.45, 2.75) is 6.61 Å². The predicted octanol–water partition coefficient (Wildman–Crippen LogP) is 5.34. The molecule has 1 saturated heterocycles. The minimum atomic E-state index is -0.894. The minimum absolute atomic E-state index is 0.0186. The molecule has 4 amide bonds. The quantitative estimate of drug-likeness (QED) is 0.233. The zero-order valence-electron chi connectivity index (χ0n) is 18.2. The van der Waals surface area contributed by atoms with E-state index in [1.165, 1.54) is 31.4 Å². The second-order valence-electron chi connectivity index (χ2n) is 7.32. The molecule has 0 spiro atoms. The molecule has 10 heteroatoms. The van der Waals surface area contributed by atoms with Crippen LogP contribution in [0.3, 0.4) is 0 Å². The number of rotatable bonds is 6. The molecule has 1 aliphatic rings. The van der Waals surface area contributed by atoms with Crippen LogP contribution in [0.15, 0.2) is 66.2 Å². The monoisotopic (exact) mass is 606 g/mol. The molecule has 0 unspecified atom stereocenters. The van der Waals surface area contributed by atoms with Gasteiger partial charge in [-0.1, -0.05) is 41.9 Å². The van der Waals surface area contributed by atoms with Gasteiger partial charge in [-0.25, -0.2) is 14.1 Å². The number of carbonyl (C=O) groups is 3. The summed E-state index contributed by atoms with van der Waals surface area (Å²) in [6, 6.07) is 14.9. The largest absolute Gasteiger partial charge is 0.493 e. The molecule has 1 N–H and O–H groups in total. The molecular formula is C25H17ClFIN2O5. The number of imide groups is 2. The summed E-state index contributed by atoms with van der Waals surface area (Å²) in [5, 5.41) is 2.34. The maximum Gasteiger partial charge on any atom is 0.335 e. The van der Waals surface area contributed by atoms with E-state index in [0.29, 0.717) is 26.2 Å². The number of ether oxygens (including phenoxy) is 2. The van der Waals surface area contributed by atoms with Gasteiger partial charge in [0, 0.05) is 5.56 Å². The summed E-state index contributed by atoms with van der Waals surface area (Å²) in [6.07, 6.45) is 1.35. The topological polar surface area (TPSA) is 84.9 Å². The third-order valence-electron chi connectivity index (χ3n) is 5.09. The number of methoxy groups -OCH3 is 1. The van der Waals surface area contributed by atoms with Crippen LogP contribution in [0.4, 0.5) is 14.9 Å². The van der Waals surface area contributed by atoms with Gasteiger partial charge in [-0.3, -0.25) is 14.9 Å². The van der Waals surface area contributed by atoms with Crippen molar-refractivity contribution in [3.05, 3.63) is 91.8 Å². The normalized spacial score (nSPS) is 14.8. The zero-order valence-corrected chi connectivity index (χ0v) is 21.1. The van der Waals surface area contributed by atoms with Gasteiger partial charge >= 0.3 is 6.03 Å². The number of urea groups is 1. The molecule has 178 valence electrons. The molecule has 1 aliphatic heterocycles. The Hall–Kier alpha value is -3.44. The number of benzene rings is 3. The summed E-state index contributed by atoms with van der Waals surface area (Å²) in [7, 11) is 1.44. The Morgan fingerprint density at radius 2 is 1.80 bits per heavy atom. The van der Waals surface area contributed by atoms with E-state index in [-0.39, 0.29) is 28.7 Å². The number of carbonyl (C=O) groups excluding carboxylic acids is 3. The number of barbiturate groups is 1. The summed E-state index contributed by atoms with van der Waals surface area (Å²) in [5.41, 5.74) is 0.725. The smallest absolute Gasteiger partial charge is 0.335 e. The van der Waals surface area contributed by atoms with Gasteiger partial charge in [0.05, 0.1) is 21.4 Å². The Morgan fingerprint density at radius 3 is 2.51 bits per heavy atom. The maximum atomic E-state index is 14.0. The second kappa shape index (κ2) is 10.4. The Balaban J connectivity index is 1.66. The molecular weight excluding hydrogens is 590 g/mol. The molecule has 0 saturated carbocycles. The lowest BCUT2D eigenvalue weighted by Crippen LogP contribution is -2.54. The summed E-state index contributed by atoms with van der Waals surface area (Å²) in [5.74, 6) is -1.34. The van der Waals surface area contributed by atoms with Crippen LogP contribution in [-0.2, 0) is 16.2 Å². The van der Waals surface area contributed by atoms with Crippen molar-refractivity contribution in [2.24, 2.45) is 0 Å². The first-order valence-electron chi connectivity index (χ1n) is 10.2. The summed E-state index contributed by atoms with van der Waals surface area (Å²) >= 11 is 8.18. The zero-order chi connectivity index (χ0) is 25.1. The lowest BCUT2D eigenvalue weighted by Gasteiger charge is -2.27. The first kappa shape index (κ1) is 24.7. The van der Waals surface area contributed by atoms with Crippen LogP contribution in [-0.4, -0.2) is 25.0 Å². The Labute approximate surface area is 218 Å². The fourth-order valence-electron chi connectivity index (χ4n) is 3.40. The highest BCUT2D eigenvalue weighted by molar-refractivity contribution is 14.1. The maximum absolute atomic E-state index is 14.0. The lowest BCUT2D eigenvalue weighted by atomic mass is 10.1. The summed E-state index contributed by atoms with van der Waals surface area (Å²) in [4.78, 5) is 38.8. The number of nitrogens with one attached hydrogen (secondary N) is 1. The number of para-hydroxylation sites is 1. The first-order chi connectivity index (χ1) is 16.8. The molecule has 3 aromatic carbocycles. The number of hydrogen-bond donors (Lipinski definition) is 1. The van der Waals surface area contributed by atoms with Crippen molar-refractivity contribution in [2.75, 3.05) is 12.0 Å². The minimum Gasteiger partial charge on any atom is -0.493 e. The lowest BCUT2D eigenvalue weighted by molar-refractivity contribution is -0.122. The summed E-state index contributed by atoms with van der Waals surface area (Å²) < 4.78 is 25.8. The van der Waals surface area contributed by atoms with E-state index in [9.17, 15) is 18.8 Å². The van der Waals surface area contributed by atoms with Gasteiger partial charge in [0.2, 0.25) is 0 Å². The Kier molecular flexibility index (Phi) is 7.37. The molecule has 1 fully saturated rings. The second-order valence-corrected chi connectivity index (χ2v) is 8.89. The Bertz CT molecular complexity index is 1380. The van der Waals surface area contributed by atoms with Crippen LogP contribution < -0.4 is 19.7 Å². The third-order valence-corrected chi connectivity index (χ3v) is 6.21. The number of hydrogen-bond acceptors (Lipinski definition) is 5. The van der Waals surface area contributed by atoms with Crippen molar-refractivity contribution in [3.63, 3.8) is 0 Å². The van der Waals surface area contributed by atoms with E-state index in [1.54, 1.807) is 42.5 Å². The van der Waals surface area contributed by atoms with Crippen molar-refractivity contribution in [1.29, 1.82) is 0 Å². The third kappa shape index (κ3) is 5.15. The van der Waals surface area contributed by atoms with Gasteiger partial charge in [-0.05, 0) is 64.6 Å². The number of anilines is 1. The molecule has 3 aromatic rings. The highest BCUT2D eigenvalue weighted by Gasteiger charge is 2.37. The Morgan fingerprint density at radius 1 is 1.09 bits per heavy atom. The van der Waals surface area contributed by atoms with Crippen molar-refractivity contribution in [3.8, 4) is 11.5 Å². The van der Waals surface area contributed by atoms with E-state index in [1.807, 2.05) is 22.6 Å². The van der Waals surface area contributed by atoms with Crippen LogP contribution in [0.1, 0.15) is 11.1 Å². The van der Waals surface area contributed by atoms with Crippen molar-refractivity contribution in [1.82, 2.24) is 5.32 Å². The van der Waals surface area contributed by atoms with Crippen LogP contribution in [0.5, 0.6) is 11.5 Å². The first-order valence-corrected chi connectivity index (χ1v) is 11.7. The molecule has 0 aliphatic carbocycles. The average molecular weight is 607 g/mol. The van der Waals surface area contributed by atoms with Crippen molar-refractivity contribution >= 4 is 63.8 Å². The van der Waals surface area contributed by atoms with Crippen molar-refractivity contribution < 1.29 is 28.2 Å². The molecule has 7 nitrogen and oxygen atoms in total. The van der Waals surface area contributed by atoms with E-state index >= 15 is 0 Å².